The minimum Gasteiger partial charge on any atom is -0.324 e. The van der Waals surface area contributed by atoms with Crippen LogP contribution in [0.4, 0.5) is 0 Å². The lowest BCUT2D eigenvalue weighted by Gasteiger charge is -2.12. The van der Waals surface area contributed by atoms with E-state index in [1.807, 2.05) is 18.2 Å². The zero-order valence-electron chi connectivity index (χ0n) is 7.13. The summed E-state index contributed by atoms with van der Waals surface area (Å²) >= 11 is 9.40. The minimum atomic E-state index is 0.146. The highest BCUT2D eigenvalue weighted by Gasteiger charge is 2.30. The van der Waals surface area contributed by atoms with E-state index in [0.717, 1.165) is 15.1 Å². The molecule has 0 aromatic heterocycles. The van der Waals surface area contributed by atoms with Gasteiger partial charge in [-0.1, -0.05) is 27.5 Å². The van der Waals surface area contributed by atoms with E-state index in [-0.39, 0.29) is 6.04 Å². The Morgan fingerprint density at radius 3 is 2.77 bits per heavy atom. The fourth-order valence-corrected chi connectivity index (χ4v) is 2.17. The molecule has 0 unspecified atom stereocenters. The molecular weight excluding hydrogens is 249 g/mol. The second kappa shape index (κ2) is 3.60. The summed E-state index contributed by atoms with van der Waals surface area (Å²) < 4.78 is 1.07. The van der Waals surface area contributed by atoms with E-state index in [4.69, 9.17) is 17.3 Å². The van der Waals surface area contributed by atoms with Gasteiger partial charge >= 0.3 is 0 Å². The van der Waals surface area contributed by atoms with Crippen molar-refractivity contribution in [1.29, 1.82) is 0 Å². The maximum Gasteiger partial charge on any atom is 0.0410 e. The molecule has 1 atom stereocenters. The molecule has 1 aromatic rings. The average Bonchev–Trinajstić information content (AvgIpc) is 2.91. The lowest BCUT2D eigenvalue weighted by molar-refractivity contribution is 0.631. The van der Waals surface area contributed by atoms with Crippen LogP contribution in [0.3, 0.4) is 0 Å². The highest BCUT2D eigenvalue weighted by molar-refractivity contribution is 9.10. The maximum absolute atomic E-state index is 6.08. The summed E-state index contributed by atoms with van der Waals surface area (Å²) in [4.78, 5) is 0. The summed E-state index contributed by atoms with van der Waals surface area (Å²) in [5, 5.41) is 0.759. The van der Waals surface area contributed by atoms with Crippen molar-refractivity contribution in [2.24, 2.45) is 11.7 Å². The number of benzene rings is 1. The van der Waals surface area contributed by atoms with E-state index in [9.17, 15) is 0 Å². The molecule has 1 fully saturated rings. The molecule has 0 heterocycles. The fourth-order valence-electron chi connectivity index (χ4n) is 1.48. The van der Waals surface area contributed by atoms with Gasteiger partial charge in [0.05, 0.1) is 0 Å². The second-order valence-corrected chi connectivity index (χ2v) is 4.82. The third-order valence-corrected chi connectivity index (χ3v) is 3.40. The molecule has 1 aromatic carbocycles. The Bertz CT molecular complexity index is 323. The summed E-state index contributed by atoms with van der Waals surface area (Å²) in [5.41, 5.74) is 7.22. The third-order valence-electron chi connectivity index (χ3n) is 2.45. The van der Waals surface area contributed by atoms with Crippen molar-refractivity contribution in [2.75, 3.05) is 0 Å². The Morgan fingerprint density at radius 1 is 1.46 bits per heavy atom. The van der Waals surface area contributed by atoms with Crippen LogP contribution in [-0.4, -0.2) is 0 Å². The third kappa shape index (κ3) is 2.06. The first-order valence-electron chi connectivity index (χ1n) is 4.39. The standard InChI is InChI=1S/C10H11BrClN/c11-9-4-3-7(12)5-8(9)10(13)6-1-2-6/h3-6,10H,1-2,13H2/t10-/m1/s1. The smallest absolute Gasteiger partial charge is 0.0410 e. The van der Waals surface area contributed by atoms with Crippen LogP contribution in [0.15, 0.2) is 22.7 Å². The first kappa shape index (κ1) is 9.50. The number of hydrogen-bond donors (Lipinski definition) is 1. The van der Waals surface area contributed by atoms with Gasteiger partial charge in [0.2, 0.25) is 0 Å². The van der Waals surface area contributed by atoms with Crippen LogP contribution < -0.4 is 5.73 Å². The lowest BCUT2D eigenvalue weighted by atomic mass is 10.0. The number of halogens is 2. The molecule has 0 spiro atoms. The molecule has 1 aliphatic carbocycles. The lowest BCUT2D eigenvalue weighted by Crippen LogP contribution is -2.12. The van der Waals surface area contributed by atoms with E-state index in [1.165, 1.54) is 12.8 Å². The Hall–Kier alpha value is -0.0500. The van der Waals surface area contributed by atoms with Crippen LogP contribution in [0, 0.1) is 5.92 Å². The molecule has 13 heavy (non-hydrogen) atoms. The first-order chi connectivity index (χ1) is 6.18. The van der Waals surface area contributed by atoms with Gasteiger partial charge in [-0.25, -0.2) is 0 Å². The van der Waals surface area contributed by atoms with Crippen LogP contribution in [0.2, 0.25) is 5.02 Å². The Balaban J connectivity index is 2.31. The molecule has 0 aliphatic heterocycles. The van der Waals surface area contributed by atoms with Crippen LogP contribution in [0.1, 0.15) is 24.4 Å². The molecule has 1 saturated carbocycles. The van der Waals surface area contributed by atoms with Crippen molar-refractivity contribution in [2.45, 2.75) is 18.9 Å². The SMILES string of the molecule is N[C@@H](c1cc(Cl)ccc1Br)C1CC1. The average molecular weight is 261 g/mol. The molecule has 0 saturated heterocycles. The van der Waals surface area contributed by atoms with Gasteiger partial charge in [-0.15, -0.1) is 0 Å². The number of rotatable bonds is 2. The van der Waals surface area contributed by atoms with Crippen molar-refractivity contribution in [1.82, 2.24) is 0 Å². The predicted octanol–water partition coefficient (Wildman–Crippen LogP) is 3.51. The largest absolute Gasteiger partial charge is 0.324 e. The van der Waals surface area contributed by atoms with Crippen LogP contribution in [0.5, 0.6) is 0 Å². The van der Waals surface area contributed by atoms with Gasteiger partial charge in [-0.2, -0.15) is 0 Å². The van der Waals surface area contributed by atoms with Gasteiger partial charge in [-0.05, 0) is 42.5 Å². The number of nitrogens with two attached hydrogens (primary N) is 1. The van der Waals surface area contributed by atoms with Crippen molar-refractivity contribution in [3.63, 3.8) is 0 Å². The molecule has 70 valence electrons. The van der Waals surface area contributed by atoms with E-state index >= 15 is 0 Å². The molecule has 3 heteroatoms. The van der Waals surface area contributed by atoms with E-state index in [0.29, 0.717) is 5.92 Å². The summed E-state index contributed by atoms with van der Waals surface area (Å²) in [5.74, 6) is 0.662. The van der Waals surface area contributed by atoms with Gasteiger partial charge in [0, 0.05) is 15.5 Å². The van der Waals surface area contributed by atoms with E-state index in [2.05, 4.69) is 15.9 Å². The van der Waals surface area contributed by atoms with Gasteiger partial charge < -0.3 is 5.73 Å². The molecule has 2 rings (SSSR count). The van der Waals surface area contributed by atoms with Crippen molar-refractivity contribution >= 4 is 27.5 Å². The summed E-state index contributed by atoms with van der Waals surface area (Å²) in [6.45, 7) is 0. The van der Waals surface area contributed by atoms with Crippen molar-refractivity contribution in [3.8, 4) is 0 Å². The molecule has 0 amide bonds. The fraction of sp³-hybridized carbons (Fsp3) is 0.400. The Morgan fingerprint density at radius 2 is 2.15 bits per heavy atom. The van der Waals surface area contributed by atoms with Crippen molar-refractivity contribution < 1.29 is 0 Å². The quantitative estimate of drug-likeness (QED) is 0.865. The zero-order chi connectivity index (χ0) is 9.42. The monoisotopic (exact) mass is 259 g/mol. The van der Waals surface area contributed by atoms with Gasteiger partial charge in [0.15, 0.2) is 0 Å². The normalized spacial score (nSPS) is 18.7. The van der Waals surface area contributed by atoms with E-state index < -0.39 is 0 Å². The summed E-state index contributed by atoms with van der Waals surface area (Å²) in [6, 6.07) is 5.93. The molecule has 2 N–H and O–H groups in total. The number of hydrogen-bond acceptors (Lipinski definition) is 1. The van der Waals surface area contributed by atoms with Crippen LogP contribution in [0.25, 0.3) is 0 Å². The first-order valence-corrected chi connectivity index (χ1v) is 5.56. The molecular formula is C10H11BrClN. The molecule has 1 nitrogen and oxygen atoms in total. The Labute approximate surface area is 91.4 Å². The van der Waals surface area contributed by atoms with Gasteiger partial charge in [-0.3, -0.25) is 0 Å². The van der Waals surface area contributed by atoms with Gasteiger partial charge in [0.25, 0.3) is 0 Å². The predicted molar refractivity (Wildman–Crippen MR) is 58.8 cm³/mol. The van der Waals surface area contributed by atoms with Crippen molar-refractivity contribution in [3.05, 3.63) is 33.3 Å². The molecule has 1 aliphatic rings. The summed E-state index contributed by atoms with van der Waals surface area (Å²) in [6.07, 6.45) is 2.50. The summed E-state index contributed by atoms with van der Waals surface area (Å²) in [7, 11) is 0. The highest BCUT2D eigenvalue weighted by atomic mass is 79.9. The van der Waals surface area contributed by atoms with Crippen LogP contribution in [-0.2, 0) is 0 Å². The highest BCUT2D eigenvalue weighted by Crippen LogP contribution is 2.41. The second-order valence-electron chi connectivity index (χ2n) is 3.53. The van der Waals surface area contributed by atoms with Crippen LogP contribution >= 0.6 is 27.5 Å². The van der Waals surface area contributed by atoms with Gasteiger partial charge in [0.1, 0.15) is 0 Å². The maximum atomic E-state index is 6.08. The minimum absolute atomic E-state index is 0.146. The topological polar surface area (TPSA) is 26.0 Å². The van der Waals surface area contributed by atoms with E-state index in [1.54, 1.807) is 0 Å². The zero-order valence-corrected chi connectivity index (χ0v) is 9.48. The Kier molecular flexibility index (Phi) is 2.63. The molecule has 0 radical (unpaired) electrons. The molecule has 0 bridgehead atoms.